The van der Waals surface area contributed by atoms with Gasteiger partial charge < -0.3 is 19.9 Å². The van der Waals surface area contributed by atoms with Crippen molar-refractivity contribution in [3.63, 3.8) is 0 Å². The zero-order valence-corrected chi connectivity index (χ0v) is 17.6. The molecule has 2 aromatic rings. The molecule has 6 heteroatoms. The SMILES string of the molecule is [2H]c1c([2H])c(C([2H])([2H])N(C(=O)NCc2ccc(OC([2H])([2H])C(C)C)cc2)C2CCN(C([2H])([2H])[2H])CC2)c([2H])c([2H])c1F. The summed E-state index contributed by atoms with van der Waals surface area (Å²) < 4.78 is 108. The van der Waals surface area contributed by atoms with E-state index in [0.29, 0.717) is 5.56 Å². The van der Waals surface area contributed by atoms with Crippen LogP contribution in [0.1, 0.15) is 52.9 Å². The predicted octanol–water partition coefficient (Wildman–Crippen LogP) is 4.67. The molecule has 31 heavy (non-hydrogen) atoms. The summed E-state index contributed by atoms with van der Waals surface area (Å²) in [5, 5.41) is 2.60. The summed E-state index contributed by atoms with van der Waals surface area (Å²) in [6.45, 7) is -3.97. The molecule has 1 saturated heterocycles. The van der Waals surface area contributed by atoms with Gasteiger partial charge in [-0.3, -0.25) is 0 Å². The molecule has 0 radical (unpaired) electrons. The zero-order chi connectivity index (χ0) is 31.8. The molecule has 168 valence electrons. The minimum Gasteiger partial charge on any atom is -0.493 e. The van der Waals surface area contributed by atoms with Crippen LogP contribution in [-0.4, -0.2) is 48.5 Å². The van der Waals surface area contributed by atoms with Crippen molar-refractivity contribution in [2.75, 3.05) is 26.6 Å². The van der Waals surface area contributed by atoms with E-state index in [1.165, 1.54) is 17.0 Å². The highest BCUT2D eigenvalue weighted by Gasteiger charge is 2.27. The van der Waals surface area contributed by atoms with Gasteiger partial charge in [-0.15, -0.1) is 0 Å². The molecule has 1 aliphatic rings. The Labute approximate surface area is 200 Å². The van der Waals surface area contributed by atoms with Gasteiger partial charge in [-0.2, -0.15) is 0 Å². The fourth-order valence-electron chi connectivity index (χ4n) is 3.03. The van der Waals surface area contributed by atoms with Crippen LogP contribution in [-0.2, 0) is 13.0 Å². The third-order valence-corrected chi connectivity index (χ3v) is 4.65. The number of carbonyl (C=O) groups is 1. The van der Waals surface area contributed by atoms with Crippen LogP contribution in [0.4, 0.5) is 9.18 Å². The molecule has 0 aliphatic carbocycles. The lowest BCUT2D eigenvalue weighted by atomic mass is 10.0. The van der Waals surface area contributed by atoms with E-state index in [9.17, 15) is 9.18 Å². The number of nitrogens with zero attached hydrogens (tertiary/aromatic N) is 2. The minimum absolute atomic E-state index is 0.00459. The molecule has 0 bridgehead atoms. The van der Waals surface area contributed by atoms with Crippen molar-refractivity contribution in [2.24, 2.45) is 5.92 Å². The maximum atomic E-state index is 14.2. The van der Waals surface area contributed by atoms with E-state index in [-0.39, 0.29) is 38.2 Å². The number of piperidine rings is 1. The van der Waals surface area contributed by atoms with Gasteiger partial charge in [-0.05, 0) is 74.2 Å². The van der Waals surface area contributed by atoms with Crippen molar-refractivity contribution in [2.45, 2.75) is 45.8 Å². The van der Waals surface area contributed by atoms with Gasteiger partial charge in [0.05, 0.1) is 17.5 Å². The highest BCUT2D eigenvalue weighted by atomic mass is 19.1. The fourth-order valence-corrected chi connectivity index (χ4v) is 3.03. The lowest BCUT2D eigenvalue weighted by molar-refractivity contribution is 0.127. The topological polar surface area (TPSA) is 44.8 Å². The summed E-state index contributed by atoms with van der Waals surface area (Å²) in [6.07, 6.45) is 0.0804. The number of hydrogen-bond donors (Lipinski definition) is 1. The van der Waals surface area contributed by atoms with Crippen LogP contribution in [0.25, 0.3) is 0 Å². The molecule has 0 aromatic heterocycles. The van der Waals surface area contributed by atoms with Crippen molar-refractivity contribution in [3.8, 4) is 5.75 Å². The first-order valence-electron chi connectivity index (χ1n) is 15.7. The largest absolute Gasteiger partial charge is 0.493 e. The Bertz CT molecular complexity index is 1250. The van der Waals surface area contributed by atoms with Gasteiger partial charge in [0.15, 0.2) is 0 Å². The smallest absolute Gasteiger partial charge is 0.318 e. The average Bonchev–Trinajstić information content (AvgIpc) is 2.90. The van der Waals surface area contributed by atoms with Crippen LogP contribution >= 0.6 is 0 Å². The molecule has 1 aliphatic heterocycles. The first-order valence-corrected chi connectivity index (χ1v) is 10.2. The van der Waals surface area contributed by atoms with Crippen LogP contribution in [0.2, 0.25) is 0 Å². The van der Waals surface area contributed by atoms with E-state index < -0.39 is 73.6 Å². The second-order valence-corrected chi connectivity index (χ2v) is 7.57. The lowest BCUT2D eigenvalue weighted by Crippen LogP contribution is -2.49. The van der Waals surface area contributed by atoms with E-state index in [0.717, 1.165) is 4.90 Å². The van der Waals surface area contributed by atoms with Gasteiger partial charge in [0.2, 0.25) is 0 Å². The number of urea groups is 1. The minimum atomic E-state index is -2.94. The highest BCUT2D eigenvalue weighted by molar-refractivity contribution is 5.74. The zero-order valence-electron chi connectivity index (χ0n) is 28.6. The van der Waals surface area contributed by atoms with E-state index in [1.54, 1.807) is 26.0 Å². The van der Waals surface area contributed by atoms with E-state index >= 15 is 0 Å². The van der Waals surface area contributed by atoms with Crippen molar-refractivity contribution in [3.05, 3.63) is 65.4 Å². The number of ether oxygens (including phenoxy) is 1. The Hall–Kier alpha value is -2.60. The number of nitrogens with one attached hydrogen (secondary N) is 1. The number of amides is 2. The van der Waals surface area contributed by atoms with E-state index in [4.69, 9.17) is 19.8 Å². The van der Waals surface area contributed by atoms with Gasteiger partial charge in [0.1, 0.15) is 11.6 Å². The van der Waals surface area contributed by atoms with Crippen LogP contribution < -0.4 is 10.1 Å². The molecule has 0 saturated carbocycles. The summed E-state index contributed by atoms with van der Waals surface area (Å²) in [6, 6.07) is 0.294. The molecule has 2 aromatic carbocycles. The molecule has 2 amide bonds. The number of likely N-dealkylation sites (tertiary alicyclic amines) is 1. The molecule has 3 rings (SSSR count). The van der Waals surface area contributed by atoms with Gasteiger partial charge >= 0.3 is 6.03 Å². The molecular weight excluding hydrogens is 393 g/mol. The Morgan fingerprint density at radius 1 is 1.26 bits per heavy atom. The molecular formula is C25H34FN3O2. The fraction of sp³-hybridized carbons (Fsp3) is 0.480. The maximum absolute atomic E-state index is 14.2. The monoisotopic (exact) mass is 438 g/mol. The van der Waals surface area contributed by atoms with Crippen molar-refractivity contribution in [1.82, 2.24) is 15.1 Å². The van der Waals surface area contributed by atoms with E-state index in [2.05, 4.69) is 5.32 Å². The van der Waals surface area contributed by atoms with Crippen LogP contribution in [0.15, 0.2) is 48.4 Å². The molecule has 1 fully saturated rings. The Balaban J connectivity index is 1.91. The second-order valence-electron chi connectivity index (χ2n) is 7.57. The summed E-state index contributed by atoms with van der Waals surface area (Å²) >= 11 is 0. The van der Waals surface area contributed by atoms with Crippen molar-refractivity contribution < 1.29 is 29.0 Å². The molecule has 1 N–H and O–H groups in total. The predicted molar refractivity (Wildman–Crippen MR) is 121 cm³/mol. The number of halogens is 1. The van der Waals surface area contributed by atoms with Crippen molar-refractivity contribution in [1.29, 1.82) is 0 Å². The van der Waals surface area contributed by atoms with Gasteiger partial charge in [-0.25, -0.2) is 9.18 Å². The number of benzene rings is 2. The molecule has 0 atom stereocenters. The average molecular weight is 439 g/mol. The van der Waals surface area contributed by atoms with Crippen LogP contribution in [0.5, 0.6) is 5.75 Å². The van der Waals surface area contributed by atoms with Crippen molar-refractivity contribution >= 4 is 6.03 Å². The Kier molecular flexibility index (Phi) is 4.47. The number of carbonyl (C=O) groups excluding carboxylic acids is 1. The lowest BCUT2D eigenvalue weighted by Gasteiger charge is -2.37. The van der Waals surface area contributed by atoms with Crippen LogP contribution in [0.3, 0.4) is 0 Å². The first kappa shape index (κ1) is 12.4. The summed E-state index contributed by atoms with van der Waals surface area (Å²) in [5.74, 6) is -1.58. The first-order chi connectivity index (χ1) is 19.3. The van der Waals surface area contributed by atoms with Gasteiger partial charge in [0.25, 0.3) is 0 Å². The normalized spacial score (nSPS) is 21.6. The summed E-state index contributed by atoms with van der Waals surface area (Å²) in [4.78, 5) is 15.6. The van der Waals surface area contributed by atoms with Gasteiger partial charge in [0, 0.05) is 23.2 Å². The number of hydrogen-bond acceptors (Lipinski definition) is 3. The van der Waals surface area contributed by atoms with Gasteiger partial charge in [-0.1, -0.05) is 38.1 Å². The molecule has 1 heterocycles. The number of rotatable bonds is 8. The molecule has 0 spiro atoms. The Morgan fingerprint density at radius 2 is 1.94 bits per heavy atom. The van der Waals surface area contributed by atoms with E-state index in [1.807, 2.05) is 0 Å². The summed E-state index contributed by atoms with van der Waals surface area (Å²) in [7, 11) is 0. The molecule has 0 unspecified atom stereocenters. The third kappa shape index (κ3) is 7.24. The highest BCUT2D eigenvalue weighted by Crippen LogP contribution is 2.19. The quantitative estimate of drug-likeness (QED) is 0.652. The third-order valence-electron chi connectivity index (χ3n) is 4.65. The molecule has 5 nitrogen and oxygen atoms in total. The summed E-state index contributed by atoms with van der Waals surface area (Å²) in [5.41, 5.74) is -0.252. The standard InChI is InChI=1S/C25H34FN3O2/c1-19(2)18-31-24-10-6-20(7-11-24)16-27-25(30)29(23-12-14-28(3)15-13-23)17-21-4-8-22(26)9-5-21/h4-11,19,23H,12-18H2,1-3H3,(H,27,30)/i3D3,4D,5D,8D,9D,17D2,18D2. The second kappa shape index (κ2) is 11.1. The van der Waals surface area contributed by atoms with Crippen LogP contribution in [0, 0.1) is 11.7 Å². The Morgan fingerprint density at radius 3 is 2.55 bits per heavy atom. The maximum Gasteiger partial charge on any atom is 0.318 e.